The summed E-state index contributed by atoms with van der Waals surface area (Å²) < 4.78 is 31.7. The number of carbonyl (C=O) groups excluding carboxylic acids is 1. The van der Waals surface area contributed by atoms with Crippen molar-refractivity contribution in [1.82, 2.24) is 15.1 Å². The second-order valence-electron chi connectivity index (χ2n) is 7.47. The number of non-ortho nitro benzene ring substituents is 1. The molecular formula is C20H21N5O6S. The molecule has 1 amide bonds. The van der Waals surface area contributed by atoms with Gasteiger partial charge in [0.2, 0.25) is 4.99 Å². The van der Waals surface area contributed by atoms with Crippen LogP contribution in [-0.4, -0.2) is 35.6 Å². The first-order valence-corrected chi connectivity index (χ1v) is 11.1. The lowest BCUT2D eigenvalue weighted by atomic mass is 10.1. The van der Waals surface area contributed by atoms with Crippen molar-refractivity contribution in [1.29, 1.82) is 0 Å². The zero-order chi connectivity index (χ0) is 22.9. The number of nitro benzene ring substituents is 1. The average Bonchev–Trinajstić information content (AvgIpc) is 3.23. The van der Waals surface area contributed by atoms with E-state index in [1.54, 1.807) is 23.0 Å². The van der Waals surface area contributed by atoms with Crippen molar-refractivity contribution < 1.29 is 22.9 Å². The van der Waals surface area contributed by atoms with E-state index in [0.717, 1.165) is 30.8 Å². The highest BCUT2D eigenvalue weighted by molar-refractivity contribution is 7.73. The zero-order valence-electron chi connectivity index (χ0n) is 16.8. The molecule has 2 heterocycles. The first-order chi connectivity index (χ1) is 15.3. The van der Waals surface area contributed by atoms with E-state index in [2.05, 4.69) is 10.4 Å². The first kappa shape index (κ1) is 21.9. The Labute approximate surface area is 184 Å². The van der Waals surface area contributed by atoms with Gasteiger partial charge in [-0.2, -0.15) is 5.10 Å². The number of hydrogen-bond donors (Lipinski definition) is 3. The molecule has 2 unspecified atom stereocenters. The van der Waals surface area contributed by atoms with Gasteiger partial charge in [-0.05, 0) is 37.5 Å². The van der Waals surface area contributed by atoms with Crippen molar-refractivity contribution in [3.8, 4) is 0 Å². The Kier molecular flexibility index (Phi) is 5.91. The number of benzene rings is 2. The van der Waals surface area contributed by atoms with Gasteiger partial charge in [0.05, 0.1) is 16.6 Å². The number of fused-ring (bicyclic) bond motifs is 1. The van der Waals surface area contributed by atoms with Gasteiger partial charge in [0.1, 0.15) is 0 Å². The number of carbonyl (C=O) groups is 1. The maximum absolute atomic E-state index is 12.7. The topological polar surface area (TPSA) is 159 Å². The third-order valence-electron chi connectivity index (χ3n) is 5.38. The molecule has 4 rings (SSSR count). The van der Waals surface area contributed by atoms with Gasteiger partial charge in [-0.3, -0.25) is 20.6 Å². The Bertz CT molecular complexity index is 1260. The molecule has 2 aromatic carbocycles. The van der Waals surface area contributed by atoms with Gasteiger partial charge < -0.3 is 10.1 Å². The van der Waals surface area contributed by atoms with Crippen LogP contribution in [0.25, 0.3) is 10.9 Å². The summed E-state index contributed by atoms with van der Waals surface area (Å²) in [7, 11) is -3.37. The minimum Gasteiger partial charge on any atom is -0.356 e. The van der Waals surface area contributed by atoms with Crippen LogP contribution >= 0.6 is 0 Å². The van der Waals surface area contributed by atoms with Crippen LogP contribution in [0, 0.1) is 10.1 Å². The van der Waals surface area contributed by atoms with E-state index in [4.69, 9.17) is 10.5 Å². The Balaban J connectivity index is 1.66. The highest BCUT2D eigenvalue weighted by atomic mass is 32.2. The lowest BCUT2D eigenvalue weighted by Gasteiger charge is -2.26. The number of nitro groups is 1. The minimum absolute atomic E-state index is 0.0887. The van der Waals surface area contributed by atoms with Crippen molar-refractivity contribution in [2.24, 2.45) is 5.73 Å². The van der Waals surface area contributed by atoms with Crippen LogP contribution in [0.4, 0.5) is 5.69 Å². The molecule has 0 saturated carbocycles. The highest BCUT2D eigenvalue weighted by Gasteiger charge is 2.34. The number of nitrogens with zero attached hydrogens (tertiary/aromatic N) is 3. The summed E-state index contributed by atoms with van der Waals surface area (Å²) in [6.07, 6.45) is 4.23. The predicted octanol–water partition coefficient (Wildman–Crippen LogP) is 1.75. The summed E-state index contributed by atoms with van der Waals surface area (Å²) in [6.45, 7) is 0.649. The molecule has 11 nitrogen and oxygen atoms in total. The lowest BCUT2D eigenvalue weighted by Crippen LogP contribution is -2.54. The molecular weight excluding hydrogens is 438 g/mol. The van der Waals surface area contributed by atoms with Gasteiger partial charge in [0.25, 0.3) is 11.6 Å². The Hall–Kier alpha value is -3.35. The largest absolute Gasteiger partial charge is 0.356 e. The molecule has 0 radical (unpaired) electrons. The smallest absolute Gasteiger partial charge is 0.270 e. The molecule has 0 bridgehead atoms. The molecule has 168 valence electrons. The van der Waals surface area contributed by atoms with Crippen LogP contribution in [0.15, 0.2) is 48.7 Å². The van der Waals surface area contributed by atoms with E-state index in [9.17, 15) is 23.3 Å². The summed E-state index contributed by atoms with van der Waals surface area (Å²) in [5, 5.41) is 18.3. The molecule has 1 fully saturated rings. The second kappa shape index (κ2) is 8.65. The number of thiol groups is 1. The second-order valence-corrected chi connectivity index (χ2v) is 8.69. The fourth-order valence-electron chi connectivity index (χ4n) is 3.67. The Morgan fingerprint density at radius 1 is 1.28 bits per heavy atom. The van der Waals surface area contributed by atoms with Crippen molar-refractivity contribution in [2.75, 3.05) is 6.61 Å². The van der Waals surface area contributed by atoms with E-state index >= 15 is 0 Å². The fraction of sp³-hybridized carbons (Fsp3) is 0.300. The lowest BCUT2D eigenvalue weighted by molar-refractivity contribution is -0.384. The minimum atomic E-state index is -3.37. The Morgan fingerprint density at radius 3 is 2.78 bits per heavy atom. The molecule has 3 N–H and O–H groups in total. The molecule has 1 saturated heterocycles. The number of ether oxygens (including phenoxy) is 1. The number of rotatable bonds is 6. The molecule has 32 heavy (non-hydrogen) atoms. The molecule has 0 aliphatic carbocycles. The summed E-state index contributed by atoms with van der Waals surface area (Å²) >= 11 is 0. The van der Waals surface area contributed by atoms with Gasteiger partial charge in [0, 0.05) is 35.3 Å². The van der Waals surface area contributed by atoms with Gasteiger partial charge in [-0.1, -0.05) is 12.1 Å². The van der Waals surface area contributed by atoms with E-state index < -0.39 is 26.5 Å². The van der Waals surface area contributed by atoms with Crippen molar-refractivity contribution in [3.63, 3.8) is 0 Å². The molecule has 3 aromatic rings. The van der Waals surface area contributed by atoms with E-state index in [1.807, 2.05) is 0 Å². The third kappa shape index (κ3) is 4.07. The zero-order valence-corrected chi connectivity index (χ0v) is 17.7. The van der Waals surface area contributed by atoms with Crippen LogP contribution < -0.4 is 11.1 Å². The fourth-order valence-corrected chi connectivity index (χ4v) is 4.21. The Morgan fingerprint density at radius 2 is 2.09 bits per heavy atom. The van der Waals surface area contributed by atoms with Crippen LogP contribution in [0.1, 0.15) is 41.4 Å². The quantitative estimate of drug-likeness (QED) is 0.218. The van der Waals surface area contributed by atoms with Crippen LogP contribution in [-0.2, 0) is 20.4 Å². The van der Waals surface area contributed by atoms with Crippen molar-refractivity contribution in [3.05, 3.63) is 69.9 Å². The number of aromatic nitrogens is 2. The summed E-state index contributed by atoms with van der Waals surface area (Å²) in [4.78, 5) is 20.8. The van der Waals surface area contributed by atoms with Gasteiger partial charge in [0.15, 0.2) is 16.9 Å². The summed E-state index contributed by atoms with van der Waals surface area (Å²) in [5.41, 5.74) is 6.61. The number of nitrogens with one attached hydrogen (secondary N) is 1. The third-order valence-corrected chi connectivity index (χ3v) is 6.32. The molecule has 1 aliphatic rings. The molecule has 1 aliphatic heterocycles. The highest BCUT2D eigenvalue weighted by Crippen LogP contribution is 2.28. The molecule has 1 aromatic heterocycles. The van der Waals surface area contributed by atoms with Crippen LogP contribution in [0.3, 0.4) is 0 Å². The monoisotopic (exact) mass is 459 g/mol. The van der Waals surface area contributed by atoms with E-state index in [-0.39, 0.29) is 23.0 Å². The standard InChI is InChI=1S/C20H21N5O6S/c21-20(32(29)30,23-19(26)13-4-3-5-16(11-13)25(27)28)15-7-8-17-14(10-15)12-22-24(17)18-6-1-2-9-31-18/h3-5,7-8,10-12,18,32H,1-2,6,9,21H2,(H,23,26). The van der Waals surface area contributed by atoms with E-state index in [0.29, 0.717) is 12.0 Å². The van der Waals surface area contributed by atoms with Crippen molar-refractivity contribution in [2.45, 2.75) is 30.5 Å². The molecule has 0 spiro atoms. The summed E-state index contributed by atoms with van der Waals surface area (Å²) in [5.74, 6) is -0.859. The maximum Gasteiger partial charge on any atom is 0.270 e. The average molecular weight is 459 g/mol. The van der Waals surface area contributed by atoms with Gasteiger partial charge >= 0.3 is 0 Å². The number of amides is 1. The van der Waals surface area contributed by atoms with Crippen LogP contribution in [0.2, 0.25) is 0 Å². The maximum atomic E-state index is 12.7. The molecule has 2 atom stereocenters. The predicted molar refractivity (Wildman–Crippen MR) is 115 cm³/mol. The van der Waals surface area contributed by atoms with Gasteiger partial charge in [-0.25, -0.2) is 13.1 Å². The van der Waals surface area contributed by atoms with Crippen molar-refractivity contribution >= 4 is 33.2 Å². The number of hydrogen-bond acceptors (Lipinski definition) is 8. The normalized spacial score (nSPS) is 18.4. The molecule has 12 heteroatoms. The number of nitrogens with two attached hydrogens (primary N) is 1. The summed E-state index contributed by atoms with van der Waals surface area (Å²) in [6, 6.07) is 9.65. The first-order valence-electron chi connectivity index (χ1n) is 9.89. The van der Waals surface area contributed by atoms with Gasteiger partial charge in [-0.15, -0.1) is 0 Å². The van der Waals surface area contributed by atoms with E-state index in [1.165, 1.54) is 24.3 Å². The SMILES string of the molecule is NC(NC(=O)c1cccc([N+](=O)[O-])c1)(c1ccc2c(cnn2C2CCCCO2)c1)[SH](=O)=O. The van der Waals surface area contributed by atoms with Crippen LogP contribution in [0.5, 0.6) is 0 Å².